The molecule has 12 heteroatoms. The van der Waals surface area contributed by atoms with E-state index in [0.717, 1.165) is 31.7 Å². The number of cyclic esters (lactones) is 1. The Morgan fingerprint density at radius 2 is 1.81 bits per heavy atom. The maximum absolute atomic E-state index is 12.9. The molecule has 0 aromatic heterocycles. The van der Waals surface area contributed by atoms with Gasteiger partial charge in [-0.25, -0.2) is 9.36 Å². The zero-order valence-corrected chi connectivity index (χ0v) is 20.8. The maximum atomic E-state index is 12.9. The summed E-state index contributed by atoms with van der Waals surface area (Å²) in [6, 6.07) is 2.19. The summed E-state index contributed by atoms with van der Waals surface area (Å²) >= 11 is 0. The van der Waals surface area contributed by atoms with Gasteiger partial charge in [-0.15, -0.1) is 0 Å². The average Bonchev–Trinajstić information content (AvgIpc) is 2.81. The molecule has 2 heterocycles. The number of carbonyl (C=O) groups is 2. The molecule has 0 unspecified atom stereocenters. The van der Waals surface area contributed by atoms with Crippen molar-refractivity contribution in [1.82, 2.24) is 4.90 Å². The Bertz CT molecular complexity index is 1070. The first-order valence-corrected chi connectivity index (χ1v) is 13.3. The Hall–Kier alpha value is -3.14. The smallest absolute Gasteiger partial charge is 0.508 e. The van der Waals surface area contributed by atoms with Crippen molar-refractivity contribution >= 4 is 25.4 Å². The van der Waals surface area contributed by atoms with Crippen LogP contribution >= 0.6 is 7.82 Å². The van der Waals surface area contributed by atoms with Crippen LogP contribution in [0.15, 0.2) is 41.6 Å². The van der Waals surface area contributed by atoms with Crippen LogP contribution in [0, 0.1) is 0 Å². The van der Waals surface area contributed by atoms with Crippen molar-refractivity contribution in [2.24, 2.45) is 5.16 Å². The standard InChI is InChI=1S/C24H31N2O9P/c27-20-15-18-14-19(25-34-17-22(28)26-11-7-5-8-12-26)10-6-3-1-2-4-9-13-33-24(29)23(18)21(16-20)35-36(30,31)32/h2,4,6,10,15-16,27H,1,3,5,7-9,11-14,17H2,(H2,30,31,32)/b4-2+,10-6+,25-19+. The Morgan fingerprint density at radius 3 is 2.56 bits per heavy atom. The molecular formula is C24H31N2O9P. The molecule has 3 N–H and O–H groups in total. The van der Waals surface area contributed by atoms with E-state index in [9.17, 15) is 29.0 Å². The number of allylic oxidation sites excluding steroid dienone is 3. The molecule has 1 aromatic rings. The van der Waals surface area contributed by atoms with Crippen LogP contribution in [0.4, 0.5) is 0 Å². The molecule has 0 saturated carbocycles. The van der Waals surface area contributed by atoms with E-state index in [2.05, 4.69) is 9.68 Å². The van der Waals surface area contributed by atoms with E-state index in [4.69, 9.17) is 9.57 Å². The summed E-state index contributed by atoms with van der Waals surface area (Å²) in [5.74, 6) is -1.94. The van der Waals surface area contributed by atoms with Gasteiger partial charge in [0.1, 0.15) is 17.1 Å². The lowest BCUT2D eigenvalue weighted by Crippen LogP contribution is -2.37. The number of phosphoric ester groups is 1. The fourth-order valence-corrected chi connectivity index (χ4v) is 4.29. The summed E-state index contributed by atoms with van der Waals surface area (Å²) in [5, 5.41) is 14.3. The third-order valence-corrected chi connectivity index (χ3v) is 5.97. The number of likely N-dealkylation sites (tertiary alicyclic amines) is 1. The number of oxime groups is 1. The largest absolute Gasteiger partial charge is 0.524 e. The number of piperidine rings is 1. The van der Waals surface area contributed by atoms with E-state index in [1.54, 1.807) is 11.0 Å². The Kier molecular flexibility index (Phi) is 10.1. The highest BCUT2D eigenvalue weighted by Gasteiger charge is 2.27. The second kappa shape index (κ2) is 13.2. The highest BCUT2D eigenvalue weighted by molar-refractivity contribution is 7.46. The summed E-state index contributed by atoms with van der Waals surface area (Å²) < 4.78 is 21.5. The number of phosphoric acid groups is 1. The number of ether oxygens (including phenoxy) is 1. The van der Waals surface area contributed by atoms with Crippen molar-refractivity contribution < 1.29 is 43.1 Å². The van der Waals surface area contributed by atoms with E-state index in [-0.39, 0.29) is 42.4 Å². The maximum Gasteiger partial charge on any atom is 0.524 e. The lowest BCUT2D eigenvalue weighted by molar-refractivity contribution is -0.137. The van der Waals surface area contributed by atoms with E-state index >= 15 is 0 Å². The monoisotopic (exact) mass is 522 g/mol. The number of benzene rings is 1. The van der Waals surface area contributed by atoms with E-state index < -0.39 is 19.5 Å². The second-order valence-corrected chi connectivity index (χ2v) is 9.57. The van der Waals surface area contributed by atoms with Crippen molar-refractivity contribution in [1.29, 1.82) is 0 Å². The minimum Gasteiger partial charge on any atom is -0.508 e. The van der Waals surface area contributed by atoms with Gasteiger partial charge in [0, 0.05) is 25.6 Å². The SMILES string of the molecule is O=C1OCC/C=C/CC/C=C/C(=N\OCC(=O)N2CCCCC2)Cc2cc(O)cc(OP(=O)(O)O)c21. The van der Waals surface area contributed by atoms with Gasteiger partial charge in [-0.05, 0) is 56.2 Å². The minimum absolute atomic E-state index is 0.0451. The van der Waals surface area contributed by atoms with Crippen molar-refractivity contribution in [3.05, 3.63) is 47.6 Å². The van der Waals surface area contributed by atoms with E-state index in [1.807, 2.05) is 18.2 Å². The summed E-state index contributed by atoms with van der Waals surface area (Å²) in [5.41, 5.74) is 0.234. The molecule has 1 amide bonds. The number of fused-ring (bicyclic) bond motifs is 1. The summed E-state index contributed by atoms with van der Waals surface area (Å²) in [6.45, 7) is 1.16. The summed E-state index contributed by atoms with van der Waals surface area (Å²) in [4.78, 5) is 51.0. The van der Waals surface area contributed by atoms with Crippen LogP contribution < -0.4 is 4.52 Å². The molecule has 2 aliphatic heterocycles. The van der Waals surface area contributed by atoms with Crippen LogP contribution in [0.1, 0.15) is 54.4 Å². The fraction of sp³-hybridized carbons (Fsp3) is 0.458. The summed E-state index contributed by atoms with van der Waals surface area (Å²) in [7, 11) is -5.05. The molecular weight excluding hydrogens is 491 g/mol. The van der Waals surface area contributed by atoms with Gasteiger partial charge in [-0.2, -0.15) is 0 Å². The molecule has 0 spiro atoms. The van der Waals surface area contributed by atoms with Gasteiger partial charge in [0.05, 0.1) is 12.3 Å². The van der Waals surface area contributed by atoms with Crippen LogP contribution in [0.2, 0.25) is 0 Å². The van der Waals surface area contributed by atoms with Gasteiger partial charge in [0.15, 0.2) is 6.61 Å². The number of carbonyl (C=O) groups excluding carboxylic acids is 2. The summed E-state index contributed by atoms with van der Waals surface area (Å²) in [6.07, 6.45) is 12.2. The number of nitrogens with zero attached hydrogens (tertiary/aromatic N) is 2. The number of phenolic OH excluding ortho intramolecular Hbond substituents is 1. The molecule has 2 aliphatic rings. The minimum atomic E-state index is -5.05. The number of phenols is 1. The highest BCUT2D eigenvalue weighted by Crippen LogP contribution is 2.42. The third kappa shape index (κ3) is 8.82. The van der Waals surface area contributed by atoms with Crippen LogP contribution in [-0.4, -0.2) is 63.7 Å². The molecule has 0 aliphatic carbocycles. The molecule has 0 radical (unpaired) electrons. The molecule has 11 nitrogen and oxygen atoms in total. The van der Waals surface area contributed by atoms with Gasteiger partial charge in [0.2, 0.25) is 0 Å². The quantitative estimate of drug-likeness (QED) is 0.229. The first-order chi connectivity index (χ1) is 17.2. The third-order valence-electron chi connectivity index (χ3n) is 5.53. The molecule has 3 rings (SSSR count). The first-order valence-electron chi connectivity index (χ1n) is 11.8. The van der Waals surface area contributed by atoms with Crippen molar-refractivity contribution in [3.8, 4) is 11.5 Å². The zero-order chi connectivity index (χ0) is 26.0. The van der Waals surface area contributed by atoms with Gasteiger partial charge in [-0.1, -0.05) is 23.4 Å². The molecule has 1 aromatic carbocycles. The van der Waals surface area contributed by atoms with Gasteiger partial charge in [-0.3, -0.25) is 14.6 Å². The van der Waals surface area contributed by atoms with Crippen molar-refractivity contribution in [2.45, 2.75) is 44.9 Å². The average molecular weight is 522 g/mol. The van der Waals surface area contributed by atoms with Gasteiger partial charge >= 0.3 is 13.8 Å². The number of rotatable bonds is 5. The van der Waals surface area contributed by atoms with E-state index in [0.29, 0.717) is 31.6 Å². The number of esters is 1. The predicted octanol–water partition coefficient (Wildman–Crippen LogP) is 3.24. The van der Waals surface area contributed by atoms with Crippen LogP contribution in [0.5, 0.6) is 11.5 Å². The normalized spacial score (nSPS) is 20.6. The Labute approximate surface area is 209 Å². The molecule has 0 bridgehead atoms. The number of amides is 1. The number of hydrogen-bond donors (Lipinski definition) is 3. The molecule has 196 valence electrons. The van der Waals surface area contributed by atoms with Crippen LogP contribution in [-0.2, 0) is 25.4 Å². The molecule has 1 saturated heterocycles. The van der Waals surface area contributed by atoms with Crippen molar-refractivity contribution in [2.75, 3.05) is 26.3 Å². The zero-order valence-electron chi connectivity index (χ0n) is 19.9. The fourth-order valence-electron chi connectivity index (χ4n) is 3.89. The van der Waals surface area contributed by atoms with Gasteiger partial charge in [0.25, 0.3) is 5.91 Å². The Morgan fingerprint density at radius 1 is 1.08 bits per heavy atom. The van der Waals surface area contributed by atoms with Crippen LogP contribution in [0.3, 0.4) is 0 Å². The lowest BCUT2D eigenvalue weighted by atomic mass is 9.99. The molecule has 1 fully saturated rings. The lowest BCUT2D eigenvalue weighted by Gasteiger charge is -2.26. The Balaban J connectivity index is 1.91. The number of hydrogen-bond acceptors (Lipinski definition) is 8. The second-order valence-electron chi connectivity index (χ2n) is 8.41. The molecule has 0 atom stereocenters. The van der Waals surface area contributed by atoms with Crippen LogP contribution in [0.25, 0.3) is 0 Å². The predicted molar refractivity (Wildman–Crippen MR) is 131 cm³/mol. The van der Waals surface area contributed by atoms with Gasteiger partial charge < -0.3 is 24.1 Å². The first kappa shape index (κ1) is 27.4. The molecule has 36 heavy (non-hydrogen) atoms. The number of aromatic hydroxyl groups is 1. The topological polar surface area (TPSA) is 155 Å². The van der Waals surface area contributed by atoms with E-state index in [1.165, 1.54) is 6.07 Å². The van der Waals surface area contributed by atoms with Crippen molar-refractivity contribution in [3.63, 3.8) is 0 Å². The highest BCUT2D eigenvalue weighted by atomic mass is 31.2.